The molecule has 0 bridgehead atoms. The highest BCUT2D eigenvalue weighted by molar-refractivity contribution is 5.81. The zero-order chi connectivity index (χ0) is 34.0. The number of aliphatic hydroxyl groups is 1. The van der Waals surface area contributed by atoms with Gasteiger partial charge < -0.3 is 20.3 Å². The van der Waals surface area contributed by atoms with Gasteiger partial charge in [-0.2, -0.15) is 0 Å². The first-order chi connectivity index (χ1) is 22.5. The number of amides is 1. The van der Waals surface area contributed by atoms with Crippen LogP contribution in [0, 0.1) is 46.3 Å². The highest BCUT2D eigenvalue weighted by Gasteiger charge is 2.63. The lowest BCUT2D eigenvalue weighted by atomic mass is 9.43. The number of fused-ring (bicyclic) bond motifs is 5. The Bertz CT molecular complexity index is 1060. The highest BCUT2D eigenvalue weighted by Crippen LogP contribution is 2.68. The SMILES string of the molecule is CCCC/C=C\CCCCCCCC(=O)OC1CCC2(C)C(CCC3C2CC(O)C2(C)C(C(C)CCC(=O)NCC(=O)O)CCC32)C1. The summed E-state index contributed by atoms with van der Waals surface area (Å²) in [7, 11) is 0. The van der Waals surface area contributed by atoms with Crippen LogP contribution in [0.4, 0.5) is 0 Å². The molecule has 4 saturated carbocycles. The molecule has 7 nitrogen and oxygen atoms in total. The average molecular weight is 658 g/mol. The molecular formula is C40H67NO6. The molecule has 0 aliphatic heterocycles. The number of aliphatic hydroxyl groups excluding tert-OH is 1. The van der Waals surface area contributed by atoms with Gasteiger partial charge in [-0.1, -0.05) is 72.0 Å². The molecule has 1 amide bonds. The van der Waals surface area contributed by atoms with Gasteiger partial charge in [0.15, 0.2) is 0 Å². The van der Waals surface area contributed by atoms with Crippen LogP contribution in [-0.2, 0) is 19.1 Å². The molecule has 47 heavy (non-hydrogen) atoms. The normalized spacial score (nSPS) is 35.5. The van der Waals surface area contributed by atoms with E-state index < -0.39 is 5.97 Å². The van der Waals surface area contributed by atoms with Gasteiger partial charge >= 0.3 is 11.9 Å². The van der Waals surface area contributed by atoms with Crippen molar-refractivity contribution in [2.45, 2.75) is 168 Å². The second-order valence-corrected chi connectivity index (χ2v) is 16.5. The third-order valence-electron chi connectivity index (χ3n) is 13.7. The quantitative estimate of drug-likeness (QED) is 0.0773. The number of hydrogen-bond acceptors (Lipinski definition) is 5. The van der Waals surface area contributed by atoms with E-state index in [1.807, 2.05) is 0 Å². The van der Waals surface area contributed by atoms with Gasteiger partial charge in [-0.25, -0.2) is 0 Å². The molecule has 0 aromatic carbocycles. The van der Waals surface area contributed by atoms with Gasteiger partial charge in [-0.15, -0.1) is 0 Å². The van der Waals surface area contributed by atoms with E-state index in [1.54, 1.807) is 0 Å². The molecule has 4 aliphatic carbocycles. The van der Waals surface area contributed by atoms with Crippen molar-refractivity contribution in [3.8, 4) is 0 Å². The Hall–Kier alpha value is -1.89. The number of ether oxygens (including phenoxy) is 1. The van der Waals surface area contributed by atoms with Crippen LogP contribution in [0.3, 0.4) is 0 Å². The number of unbranched alkanes of at least 4 members (excludes halogenated alkanes) is 7. The monoisotopic (exact) mass is 657 g/mol. The minimum absolute atomic E-state index is 0.0134. The largest absolute Gasteiger partial charge is 0.480 e. The van der Waals surface area contributed by atoms with Crippen molar-refractivity contribution in [1.29, 1.82) is 0 Å². The summed E-state index contributed by atoms with van der Waals surface area (Å²) in [6.45, 7) is 8.92. The number of hydrogen-bond donors (Lipinski definition) is 3. The Labute approximate surface area is 285 Å². The number of carboxylic acid groups (broad SMARTS) is 1. The number of aliphatic carboxylic acids is 1. The van der Waals surface area contributed by atoms with E-state index in [1.165, 1.54) is 57.8 Å². The van der Waals surface area contributed by atoms with Gasteiger partial charge in [-0.3, -0.25) is 14.4 Å². The summed E-state index contributed by atoms with van der Waals surface area (Å²) in [6, 6.07) is 0. The lowest BCUT2D eigenvalue weighted by molar-refractivity contribution is -0.181. The Kier molecular flexibility index (Phi) is 14.3. The number of carbonyl (C=O) groups is 3. The third-order valence-corrected chi connectivity index (χ3v) is 13.7. The Morgan fingerprint density at radius 2 is 1.62 bits per heavy atom. The van der Waals surface area contributed by atoms with Gasteiger partial charge in [0.1, 0.15) is 12.6 Å². The number of esters is 1. The van der Waals surface area contributed by atoms with E-state index in [9.17, 15) is 19.5 Å². The van der Waals surface area contributed by atoms with E-state index in [0.29, 0.717) is 48.3 Å². The first-order valence-electron chi connectivity index (χ1n) is 19.5. The first kappa shape index (κ1) is 37.9. The number of allylic oxidation sites excluding steroid dienone is 2. The third kappa shape index (κ3) is 9.42. The van der Waals surface area contributed by atoms with Crippen molar-refractivity contribution in [3.05, 3.63) is 12.2 Å². The minimum Gasteiger partial charge on any atom is -0.480 e. The van der Waals surface area contributed by atoms with E-state index in [4.69, 9.17) is 9.84 Å². The molecule has 7 heteroatoms. The van der Waals surface area contributed by atoms with E-state index in [-0.39, 0.29) is 41.5 Å². The van der Waals surface area contributed by atoms with Crippen LogP contribution in [0.15, 0.2) is 12.2 Å². The Morgan fingerprint density at radius 3 is 2.36 bits per heavy atom. The Morgan fingerprint density at radius 1 is 0.894 bits per heavy atom. The summed E-state index contributed by atoms with van der Waals surface area (Å²) in [6.07, 6.45) is 25.0. The summed E-state index contributed by atoms with van der Waals surface area (Å²) >= 11 is 0. The van der Waals surface area contributed by atoms with E-state index >= 15 is 0 Å². The molecule has 0 aromatic heterocycles. The number of carboxylic acids is 1. The predicted molar refractivity (Wildman–Crippen MR) is 187 cm³/mol. The second-order valence-electron chi connectivity index (χ2n) is 16.5. The Balaban J connectivity index is 1.21. The van der Waals surface area contributed by atoms with Gasteiger partial charge in [0.2, 0.25) is 5.91 Å². The van der Waals surface area contributed by atoms with Crippen LogP contribution in [0.25, 0.3) is 0 Å². The molecule has 10 atom stereocenters. The molecule has 10 unspecified atom stereocenters. The van der Waals surface area contributed by atoms with Gasteiger partial charge in [0, 0.05) is 12.8 Å². The fraction of sp³-hybridized carbons (Fsp3) is 0.875. The zero-order valence-corrected chi connectivity index (χ0v) is 30.2. The fourth-order valence-corrected chi connectivity index (χ4v) is 10.9. The second kappa shape index (κ2) is 17.7. The first-order valence-corrected chi connectivity index (χ1v) is 19.5. The molecule has 4 fully saturated rings. The maximum Gasteiger partial charge on any atom is 0.322 e. The molecule has 4 rings (SSSR count). The lowest BCUT2D eigenvalue weighted by Crippen LogP contribution is -2.59. The molecule has 4 aliphatic rings. The molecule has 0 spiro atoms. The number of rotatable bonds is 18. The maximum absolute atomic E-state index is 12.8. The summed E-state index contributed by atoms with van der Waals surface area (Å²) in [4.78, 5) is 35.8. The van der Waals surface area contributed by atoms with E-state index in [2.05, 4.69) is 45.2 Å². The molecule has 0 radical (unpaired) electrons. The van der Waals surface area contributed by atoms with Crippen molar-refractivity contribution in [3.63, 3.8) is 0 Å². The molecule has 0 saturated heterocycles. The van der Waals surface area contributed by atoms with Crippen LogP contribution in [0.2, 0.25) is 0 Å². The lowest BCUT2D eigenvalue weighted by Gasteiger charge is -2.62. The van der Waals surface area contributed by atoms with Gasteiger partial charge in [0.25, 0.3) is 0 Å². The topological polar surface area (TPSA) is 113 Å². The standard InChI is InChI=1S/C40H67NO6/c1-5-6-7-8-9-10-11-12-13-14-15-16-38(46)47-30-23-24-39(3)29(25-30)18-19-31-33-21-20-32(40(33,4)35(42)26-34(31)39)28(2)17-22-36(43)41-27-37(44)45/h8-9,28-35,42H,5-7,10-27H2,1-4H3,(H,41,43)(H,44,45)/b9-8-. The molecule has 0 heterocycles. The van der Waals surface area contributed by atoms with Crippen molar-refractivity contribution < 1.29 is 29.3 Å². The molecule has 0 aromatic rings. The van der Waals surface area contributed by atoms with Crippen molar-refractivity contribution >= 4 is 17.8 Å². The van der Waals surface area contributed by atoms with Crippen LogP contribution in [0.5, 0.6) is 0 Å². The summed E-state index contributed by atoms with van der Waals surface area (Å²) < 4.78 is 6.07. The van der Waals surface area contributed by atoms with Gasteiger partial charge in [0.05, 0.1) is 6.10 Å². The number of carbonyl (C=O) groups excluding carboxylic acids is 2. The van der Waals surface area contributed by atoms with Gasteiger partial charge in [-0.05, 0) is 130 Å². The molecule has 3 N–H and O–H groups in total. The van der Waals surface area contributed by atoms with Crippen LogP contribution >= 0.6 is 0 Å². The zero-order valence-electron chi connectivity index (χ0n) is 30.2. The average Bonchev–Trinajstić information content (AvgIpc) is 3.40. The summed E-state index contributed by atoms with van der Waals surface area (Å²) in [5.74, 6) is 1.60. The van der Waals surface area contributed by atoms with Crippen molar-refractivity contribution in [2.75, 3.05) is 6.54 Å². The smallest absolute Gasteiger partial charge is 0.322 e. The van der Waals surface area contributed by atoms with Crippen LogP contribution in [-0.4, -0.2) is 46.8 Å². The highest BCUT2D eigenvalue weighted by atomic mass is 16.5. The van der Waals surface area contributed by atoms with Crippen LogP contribution in [0.1, 0.15) is 156 Å². The minimum atomic E-state index is -1.02. The van der Waals surface area contributed by atoms with Crippen molar-refractivity contribution in [2.24, 2.45) is 46.3 Å². The molecular weight excluding hydrogens is 590 g/mol. The fourth-order valence-electron chi connectivity index (χ4n) is 10.9. The summed E-state index contributed by atoms with van der Waals surface area (Å²) in [5, 5.41) is 23.2. The summed E-state index contributed by atoms with van der Waals surface area (Å²) in [5.41, 5.74) is 0.0462. The van der Waals surface area contributed by atoms with Crippen LogP contribution < -0.4 is 5.32 Å². The van der Waals surface area contributed by atoms with E-state index in [0.717, 1.165) is 57.8 Å². The van der Waals surface area contributed by atoms with Crippen molar-refractivity contribution in [1.82, 2.24) is 5.32 Å². The predicted octanol–water partition coefficient (Wildman–Crippen LogP) is 8.62. The number of nitrogens with one attached hydrogen (secondary N) is 1. The molecule has 268 valence electrons. The maximum atomic E-state index is 12.8.